The fourth-order valence-electron chi connectivity index (χ4n) is 5.72. The second-order valence-corrected chi connectivity index (χ2v) is 12.6. The fourth-order valence-corrected chi connectivity index (χ4v) is 5.97. The van der Waals surface area contributed by atoms with Gasteiger partial charge in [0, 0.05) is 31.5 Å². The van der Waals surface area contributed by atoms with Gasteiger partial charge < -0.3 is 33.5 Å². The summed E-state index contributed by atoms with van der Waals surface area (Å²) in [5.41, 5.74) is 3.65. The molecule has 3 rings (SSSR count). The highest BCUT2D eigenvalue weighted by Gasteiger charge is 2.49. The number of ether oxygens (including phenoxy) is 6. The van der Waals surface area contributed by atoms with E-state index in [9.17, 15) is 5.11 Å². The monoisotopic (exact) mass is 662 g/mol. The second kappa shape index (κ2) is 22.0. The maximum atomic E-state index is 10.6. The summed E-state index contributed by atoms with van der Waals surface area (Å²) >= 11 is 6.85. The first-order chi connectivity index (χ1) is 22.5. The molecule has 0 bridgehead atoms. The molecular weight excluding hydrogens is 604 g/mol. The van der Waals surface area contributed by atoms with Gasteiger partial charge in [0.1, 0.15) is 36.3 Å². The third-order valence-electron chi connectivity index (χ3n) is 8.40. The molecule has 5 atom stereocenters. The molecule has 1 aliphatic heterocycles. The summed E-state index contributed by atoms with van der Waals surface area (Å²) in [4.78, 5) is 0. The Hall–Kier alpha value is -1.71. The van der Waals surface area contributed by atoms with Gasteiger partial charge in [-0.05, 0) is 79.5 Å². The third kappa shape index (κ3) is 11.8. The number of aliphatic hydroxyl groups is 1. The maximum Gasteiger partial charge on any atom is 0.119 e. The van der Waals surface area contributed by atoms with Crippen molar-refractivity contribution in [1.82, 2.24) is 0 Å². The Balaban J connectivity index is 2.05. The smallest absolute Gasteiger partial charge is 0.119 e. The summed E-state index contributed by atoms with van der Waals surface area (Å²) in [6, 6.07) is 12.1. The summed E-state index contributed by atoms with van der Waals surface area (Å²) in [5.74, 6) is 0.841. The largest absolute Gasteiger partial charge is 0.494 e. The van der Waals surface area contributed by atoms with Gasteiger partial charge in [0.15, 0.2) is 0 Å². The maximum absolute atomic E-state index is 10.6. The molecule has 1 saturated heterocycles. The Morgan fingerprint density at radius 3 is 1.89 bits per heavy atom. The van der Waals surface area contributed by atoms with E-state index in [-0.39, 0.29) is 24.9 Å². The first-order valence-corrected chi connectivity index (χ1v) is 18.1. The van der Waals surface area contributed by atoms with E-state index in [1.54, 1.807) is 0 Å². The SMILES string of the molecule is CCCCOC[C@H]1O[C@@H](c2cc(Cc3ccc(OCC)cc3)c(Cl)cc2CO)[C@H](OCCCC)[C@@H](OCCCC)[C@@H]1OCCCC. The van der Waals surface area contributed by atoms with E-state index >= 15 is 0 Å². The molecule has 1 fully saturated rings. The van der Waals surface area contributed by atoms with Crippen LogP contribution in [0.25, 0.3) is 0 Å². The Bertz CT molecular complexity index is 1100. The van der Waals surface area contributed by atoms with Crippen molar-refractivity contribution in [2.45, 2.75) is 130 Å². The number of hydrogen-bond acceptors (Lipinski definition) is 7. The molecule has 1 heterocycles. The number of benzene rings is 2. The highest BCUT2D eigenvalue weighted by molar-refractivity contribution is 6.31. The van der Waals surface area contributed by atoms with Crippen molar-refractivity contribution >= 4 is 11.6 Å². The van der Waals surface area contributed by atoms with Crippen LogP contribution in [0.1, 0.15) is 114 Å². The first-order valence-electron chi connectivity index (χ1n) is 17.7. The predicted molar refractivity (Wildman–Crippen MR) is 185 cm³/mol. The molecule has 260 valence electrons. The summed E-state index contributed by atoms with van der Waals surface area (Å²) in [6.45, 7) is 13.9. The predicted octanol–water partition coefficient (Wildman–Crippen LogP) is 8.63. The molecule has 2 aromatic carbocycles. The van der Waals surface area contributed by atoms with Crippen LogP contribution in [0.5, 0.6) is 5.75 Å². The van der Waals surface area contributed by atoms with E-state index in [1.807, 2.05) is 25.1 Å². The van der Waals surface area contributed by atoms with Crippen LogP contribution in [0.4, 0.5) is 0 Å². The van der Waals surface area contributed by atoms with Crippen molar-refractivity contribution in [2.75, 3.05) is 39.6 Å². The lowest BCUT2D eigenvalue weighted by Gasteiger charge is -2.47. The summed E-state index contributed by atoms with van der Waals surface area (Å²) in [7, 11) is 0. The van der Waals surface area contributed by atoms with E-state index in [2.05, 4.69) is 45.9 Å². The van der Waals surface area contributed by atoms with Gasteiger partial charge in [-0.1, -0.05) is 83.2 Å². The summed E-state index contributed by atoms with van der Waals surface area (Å²) in [6.07, 6.45) is 6.54. The first kappa shape index (κ1) is 38.7. The van der Waals surface area contributed by atoms with E-state index in [0.717, 1.165) is 79.4 Å². The molecule has 0 unspecified atom stereocenters. The van der Waals surface area contributed by atoms with Crippen molar-refractivity contribution < 1.29 is 33.5 Å². The normalized spacial score (nSPS) is 21.5. The van der Waals surface area contributed by atoms with Gasteiger partial charge in [0.05, 0.1) is 19.8 Å². The third-order valence-corrected chi connectivity index (χ3v) is 8.75. The number of aliphatic hydroxyl groups excluding tert-OH is 1. The number of hydrogen-bond donors (Lipinski definition) is 1. The van der Waals surface area contributed by atoms with Gasteiger partial charge >= 0.3 is 0 Å². The lowest BCUT2D eigenvalue weighted by molar-refractivity contribution is -0.268. The molecule has 1 N–H and O–H groups in total. The minimum absolute atomic E-state index is 0.171. The lowest BCUT2D eigenvalue weighted by Crippen LogP contribution is -2.58. The molecule has 0 amide bonds. The van der Waals surface area contributed by atoms with E-state index < -0.39 is 12.2 Å². The Kier molecular flexibility index (Phi) is 18.5. The van der Waals surface area contributed by atoms with Gasteiger partial charge in [-0.3, -0.25) is 0 Å². The molecule has 0 spiro atoms. The average molecular weight is 663 g/mol. The molecule has 0 saturated carbocycles. The highest BCUT2D eigenvalue weighted by atomic mass is 35.5. The summed E-state index contributed by atoms with van der Waals surface area (Å²) < 4.78 is 38.7. The molecule has 46 heavy (non-hydrogen) atoms. The minimum atomic E-state index is -0.507. The topological polar surface area (TPSA) is 75.6 Å². The zero-order valence-corrected chi connectivity index (χ0v) is 29.7. The van der Waals surface area contributed by atoms with Crippen LogP contribution >= 0.6 is 11.6 Å². The van der Waals surface area contributed by atoms with Gasteiger partial charge in [-0.15, -0.1) is 0 Å². The van der Waals surface area contributed by atoms with Crippen LogP contribution in [0.15, 0.2) is 36.4 Å². The van der Waals surface area contributed by atoms with Gasteiger partial charge in [-0.2, -0.15) is 0 Å². The Morgan fingerprint density at radius 2 is 1.30 bits per heavy atom. The van der Waals surface area contributed by atoms with Crippen LogP contribution in [0.2, 0.25) is 5.02 Å². The number of unbranched alkanes of at least 4 members (excludes halogenated alkanes) is 4. The molecule has 0 radical (unpaired) electrons. The van der Waals surface area contributed by atoms with Crippen molar-refractivity contribution in [1.29, 1.82) is 0 Å². The molecule has 8 heteroatoms. The van der Waals surface area contributed by atoms with Crippen LogP contribution in [-0.2, 0) is 36.7 Å². The molecule has 0 aliphatic carbocycles. The van der Waals surface area contributed by atoms with Gasteiger partial charge in [-0.25, -0.2) is 0 Å². The standard InChI is InChI=1S/C38H59ClO7/c1-6-11-19-41-27-34-36(43-20-12-7-2)38(45-22-14-9-4)37(44-21-13-8-3)35(46-34)32-24-29(33(39)25-30(32)26-40)23-28-15-17-31(18-16-28)42-10-5/h15-18,24-25,34-38,40H,6-14,19-23,26-27H2,1-5H3/t34-,35+,36-,37+,38+/m1/s1. The Morgan fingerprint density at radius 1 is 0.717 bits per heavy atom. The van der Waals surface area contributed by atoms with Crippen molar-refractivity contribution in [3.8, 4) is 5.75 Å². The van der Waals surface area contributed by atoms with Gasteiger partial charge in [0.25, 0.3) is 0 Å². The van der Waals surface area contributed by atoms with Crippen molar-refractivity contribution in [3.63, 3.8) is 0 Å². The highest BCUT2D eigenvalue weighted by Crippen LogP contribution is 2.40. The average Bonchev–Trinajstić information content (AvgIpc) is 3.06. The number of halogens is 1. The van der Waals surface area contributed by atoms with Crippen molar-refractivity contribution in [2.24, 2.45) is 0 Å². The zero-order chi connectivity index (χ0) is 33.1. The lowest BCUT2D eigenvalue weighted by atomic mass is 9.87. The molecule has 0 aromatic heterocycles. The zero-order valence-electron chi connectivity index (χ0n) is 28.9. The van der Waals surface area contributed by atoms with Crippen LogP contribution < -0.4 is 4.74 Å². The second-order valence-electron chi connectivity index (χ2n) is 12.1. The molecular formula is C38H59ClO7. The number of rotatable bonds is 23. The minimum Gasteiger partial charge on any atom is -0.494 e. The summed E-state index contributed by atoms with van der Waals surface area (Å²) in [5, 5.41) is 11.2. The Labute approximate surface area is 283 Å². The molecule has 1 aliphatic rings. The van der Waals surface area contributed by atoms with Crippen LogP contribution in [0, 0.1) is 0 Å². The van der Waals surface area contributed by atoms with Crippen LogP contribution in [0.3, 0.4) is 0 Å². The van der Waals surface area contributed by atoms with E-state index in [1.165, 1.54) is 0 Å². The molecule has 7 nitrogen and oxygen atoms in total. The quantitative estimate of drug-likeness (QED) is 0.119. The van der Waals surface area contributed by atoms with Crippen LogP contribution in [-0.4, -0.2) is 69.2 Å². The van der Waals surface area contributed by atoms with Crippen molar-refractivity contribution in [3.05, 3.63) is 63.7 Å². The van der Waals surface area contributed by atoms with E-state index in [0.29, 0.717) is 51.1 Å². The fraction of sp³-hybridized carbons (Fsp3) is 0.684. The van der Waals surface area contributed by atoms with Gasteiger partial charge in [0.2, 0.25) is 0 Å². The van der Waals surface area contributed by atoms with E-state index in [4.69, 9.17) is 40.0 Å². The molecule has 2 aromatic rings.